The fraction of sp³-hybridized carbons (Fsp3) is 0.200. The van der Waals surface area contributed by atoms with Gasteiger partial charge in [-0.25, -0.2) is 9.48 Å². The first-order valence-electron chi connectivity index (χ1n) is 8.67. The first-order valence-corrected chi connectivity index (χ1v) is 8.67. The van der Waals surface area contributed by atoms with E-state index in [4.69, 9.17) is 9.15 Å². The van der Waals surface area contributed by atoms with Crippen LogP contribution in [-0.2, 0) is 13.0 Å². The quantitative estimate of drug-likeness (QED) is 0.524. The zero-order chi connectivity index (χ0) is 18.6. The lowest BCUT2D eigenvalue weighted by atomic mass is 10.1. The van der Waals surface area contributed by atoms with Crippen LogP contribution in [0, 0.1) is 0 Å². The first-order chi connectivity index (χ1) is 13.2. The van der Waals surface area contributed by atoms with Crippen LogP contribution in [0.3, 0.4) is 0 Å². The van der Waals surface area contributed by atoms with E-state index in [-0.39, 0.29) is 5.63 Å². The minimum atomic E-state index is -0.353. The highest BCUT2D eigenvalue weighted by atomic mass is 16.5. The predicted octanol–water partition coefficient (Wildman–Crippen LogP) is 3.09. The average Bonchev–Trinajstić information content (AvgIpc) is 3.17. The number of fused-ring (bicyclic) bond motifs is 1. The summed E-state index contributed by atoms with van der Waals surface area (Å²) in [6.45, 7) is 0.627. The van der Waals surface area contributed by atoms with Crippen LogP contribution < -0.4 is 10.4 Å². The van der Waals surface area contributed by atoms with Crippen molar-refractivity contribution < 1.29 is 9.15 Å². The molecule has 0 fully saturated rings. The maximum Gasteiger partial charge on any atom is 0.343 e. The number of benzene rings is 2. The van der Waals surface area contributed by atoms with Gasteiger partial charge in [-0.15, -0.1) is 5.10 Å². The van der Waals surface area contributed by atoms with Gasteiger partial charge in [-0.1, -0.05) is 36.4 Å². The molecule has 0 saturated carbocycles. The molecular weight excluding hydrogens is 344 g/mol. The third-order valence-corrected chi connectivity index (χ3v) is 4.38. The normalized spacial score (nSPS) is 11.0. The van der Waals surface area contributed by atoms with E-state index in [2.05, 4.69) is 15.5 Å². The zero-order valence-corrected chi connectivity index (χ0v) is 14.8. The Morgan fingerprint density at radius 3 is 2.78 bits per heavy atom. The van der Waals surface area contributed by atoms with Crippen LogP contribution in [0.25, 0.3) is 22.2 Å². The van der Waals surface area contributed by atoms with Crippen LogP contribution in [0.5, 0.6) is 5.75 Å². The lowest BCUT2D eigenvalue weighted by Crippen LogP contribution is -2.06. The topological polar surface area (TPSA) is 83.0 Å². The second kappa shape index (κ2) is 7.41. The molecule has 0 amide bonds. The lowest BCUT2D eigenvalue weighted by Gasteiger charge is -2.06. The molecule has 4 aromatic rings. The molecule has 27 heavy (non-hydrogen) atoms. The van der Waals surface area contributed by atoms with E-state index < -0.39 is 0 Å². The van der Waals surface area contributed by atoms with E-state index in [1.54, 1.807) is 17.9 Å². The van der Waals surface area contributed by atoms with E-state index in [0.717, 1.165) is 23.2 Å². The van der Waals surface area contributed by atoms with Crippen molar-refractivity contribution in [1.82, 2.24) is 20.2 Å². The average molecular weight is 362 g/mol. The number of rotatable bonds is 6. The van der Waals surface area contributed by atoms with Crippen molar-refractivity contribution in [3.63, 3.8) is 0 Å². The van der Waals surface area contributed by atoms with Crippen LogP contribution in [0.4, 0.5) is 0 Å². The molecule has 0 unspecified atom stereocenters. The van der Waals surface area contributed by atoms with Gasteiger partial charge in [0.15, 0.2) is 5.82 Å². The second-order valence-electron chi connectivity index (χ2n) is 6.15. The summed E-state index contributed by atoms with van der Waals surface area (Å²) in [5.41, 5.74) is 0.613. The maximum absolute atomic E-state index is 12.2. The first kappa shape index (κ1) is 17.0. The number of aromatic nitrogens is 4. The smallest absolute Gasteiger partial charge is 0.343 e. The summed E-state index contributed by atoms with van der Waals surface area (Å²) in [6, 6.07) is 17.1. The van der Waals surface area contributed by atoms with Crippen molar-refractivity contribution in [2.45, 2.75) is 19.4 Å². The molecule has 2 aromatic carbocycles. The molecule has 0 saturated heterocycles. The highest BCUT2D eigenvalue weighted by Crippen LogP contribution is 2.20. The summed E-state index contributed by atoms with van der Waals surface area (Å²) in [5, 5.41) is 13.3. The SMILES string of the molecule is COc1ccc2cc(CCCn3nnnc3-c3ccccc3)oc(=O)c2c1. The van der Waals surface area contributed by atoms with Crippen molar-refractivity contribution in [3.8, 4) is 17.1 Å². The van der Waals surface area contributed by atoms with Gasteiger partial charge in [0.1, 0.15) is 11.5 Å². The molecule has 0 spiro atoms. The molecule has 0 radical (unpaired) electrons. The van der Waals surface area contributed by atoms with Gasteiger partial charge < -0.3 is 9.15 Å². The van der Waals surface area contributed by atoms with E-state index in [1.807, 2.05) is 48.5 Å². The molecule has 0 atom stereocenters. The van der Waals surface area contributed by atoms with Crippen molar-refractivity contribution >= 4 is 10.8 Å². The van der Waals surface area contributed by atoms with Crippen molar-refractivity contribution in [1.29, 1.82) is 0 Å². The molecular formula is C20H18N4O3. The van der Waals surface area contributed by atoms with Gasteiger partial charge in [0.05, 0.1) is 12.5 Å². The monoisotopic (exact) mass is 362 g/mol. The Hall–Kier alpha value is -3.48. The van der Waals surface area contributed by atoms with Crippen LogP contribution >= 0.6 is 0 Å². The largest absolute Gasteiger partial charge is 0.497 e. The summed E-state index contributed by atoms with van der Waals surface area (Å²) < 4.78 is 12.4. The highest BCUT2D eigenvalue weighted by molar-refractivity contribution is 5.82. The van der Waals surface area contributed by atoms with Gasteiger partial charge in [0, 0.05) is 18.5 Å². The second-order valence-corrected chi connectivity index (χ2v) is 6.15. The van der Waals surface area contributed by atoms with E-state index in [0.29, 0.717) is 29.9 Å². The number of aryl methyl sites for hydroxylation is 2. The third kappa shape index (κ3) is 3.57. The number of methoxy groups -OCH3 is 1. The van der Waals surface area contributed by atoms with Crippen molar-refractivity contribution in [2.75, 3.05) is 7.11 Å². The molecule has 0 bridgehead atoms. The summed E-state index contributed by atoms with van der Waals surface area (Å²) in [7, 11) is 1.57. The predicted molar refractivity (Wildman–Crippen MR) is 101 cm³/mol. The molecule has 7 nitrogen and oxygen atoms in total. The molecule has 0 N–H and O–H groups in total. The molecule has 0 aliphatic carbocycles. The van der Waals surface area contributed by atoms with Crippen LogP contribution in [-0.4, -0.2) is 27.3 Å². The van der Waals surface area contributed by atoms with E-state index in [9.17, 15) is 4.79 Å². The number of tetrazole rings is 1. The third-order valence-electron chi connectivity index (χ3n) is 4.38. The maximum atomic E-state index is 12.2. The molecule has 4 rings (SSSR count). The summed E-state index contributed by atoms with van der Waals surface area (Å²) in [5.74, 6) is 2.00. The number of nitrogens with zero attached hydrogens (tertiary/aromatic N) is 4. The highest BCUT2D eigenvalue weighted by Gasteiger charge is 2.10. The lowest BCUT2D eigenvalue weighted by molar-refractivity contribution is 0.414. The van der Waals surface area contributed by atoms with Crippen molar-refractivity contribution in [2.24, 2.45) is 0 Å². The summed E-state index contributed by atoms with van der Waals surface area (Å²) >= 11 is 0. The van der Waals surface area contributed by atoms with Crippen LogP contribution in [0.15, 0.2) is 63.8 Å². The van der Waals surface area contributed by atoms with E-state index in [1.165, 1.54) is 0 Å². The molecule has 0 aliphatic rings. The Morgan fingerprint density at radius 1 is 1.11 bits per heavy atom. The van der Waals surface area contributed by atoms with Gasteiger partial charge in [-0.3, -0.25) is 0 Å². The number of hydrogen-bond donors (Lipinski definition) is 0. The van der Waals surface area contributed by atoms with Crippen molar-refractivity contribution in [3.05, 3.63) is 70.8 Å². The molecule has 7 heteroatoms. The Bertz CT molecular complexity index is 1120. The fourth-order valence-corrected chi connectivity index (χ4v) is 3.02. The summed E-state index contributed by atoms with van der Waals surface area (Å²) in [4.78, 5) is 12.2. The van der Waals surface area contributed by atoms with Gasteiger partial charge in [0.25, 0.3) is 0 Å². The number of hydrogen-bond acceptors (Lipinski definition) is 6. The van der Waals surface area contributed by atoms with Gasteiger partial charge >= 0.3 is 5.63 Å². The fourth-order valence-electron chi connectivity index (χ4n) is 3.02. The molecule has 136 valence electrons. The van der Waals surface area contributed by atoms with Gasteiger partial charge in [-0.05, 0) is 40.4 Å². The molecule has 0 aliphatic heterocycles. The van der Waals surface area contributed by atoms with Gasteiger partial charge in [0.2, 0.25) is 0 Å². The Labute approximate surface area is 155 Å². The van der Waals surface area contributed by atoms with Crippen LogP contribution in [0.1, 0.15) is 12.2 Å². The minimum Gasteiger partial charge on any atom is -0.497 e. The van der Waals surface area contributed by atoms with E-state index >= 15 is 0 Å². The van der Waals surface area contributed by atoms with Crippen LogP contribution in [0.2, 0.25) is 0 Å². The number of ether oxygens (including phenoxy) is 1. The summed E-state index contributed by atoms with van der Waals surface area (Å²) in [6.07, 6.45) is 1.36. The molecule has 2 aromatic heterocycles. The zero-order valence-electron chi connectivity index (χ0n) is 14.8. The Balaban J connectivity index is 1.49. The van der Waals surface area contributed by atoms with Gasteiger partial charge in [-0.2, -0.15) is 0 Å². The Kier molecular flexibility index (Phi) is 4.65. The minimum absolute atomic E-state index is 0.353. The Morgan fingerprint density at radius 2 is 1.96 bits per heavy atom. The standard InChI is InChI=1S/C20H18N4O3/c1-26-16-10-9-15-12-17(27-20(25)18(15)13-16)8-5-11-24-19(21-22-23-24)14-6-3-2-4-7-14/h2-4,6-7,9-10,12-13H,5,8,11H2,1H3. The molecule has 2 heterocycles.